The Kier molecular flexibility index (Phi) is 6.69. The second-order valence-corrected chi connectivity index (χ2v) is 4.87. The third-order valence-electron chi connectivity index (χ3n) is 2.86. The van der Waals surface area contributed by atoms with Crippen molar-refractivity contribution >= 4 is 0 Å². The molecule has 16 heavy (non-hydrogen) atoms. The van der Waals surface area contributed by atoms with E-state index in [1.54, 1.807) is 0 Å². The van der Waals surface area contributed by atoms with E-state index in [0.29, 0.717) is 6.10 Å². The second-order valence-electron chi connectivity index (χ2n) is 4.87. The van der Waals surface area contributed by atoms with Gasteiger partial charge in [-0.1, -0.05) is 12.2 Å². The van der Waals surface area contributed by atoms with Gasteiger partial charge in [-0.2, -0.15) is 0 Å². The molecule has 1 N–H and O–H groups in total. The van der Waals surface area contributed by atoms with Crippen LogP contribution in [0.3, 0.4) is 0 Å². The highest BCUT2D eigenvalue weighted by molar-refractivity contribution is 4.90. The van der Waals surface area contributed by atoms with Gasteiger partial charge in [0, 0.05) is 19.7 Å². The maximum absolute atomic E-state index is 5.85. The van der Waals surface area contributed by atoms with Gasteiger partial charge in [-0.25, -0.2) is 0 Å². The van der Waals surface area contributed by atoms with Crippen molar-refractivity contribution in [1.29, 1.82) is 0 Å². The minimum absolute atomic E-state index is 0.493. The fourth-order valence-corrected chi connectivity index (χ4v) is 2.09. The zero-order valence-electron chi connectivity index (χ0n) is 10.8. The van der Waals surface area contributed by atoms with Gasteiger partial charge in [0.2, 0.25) is 0 Å². The molecule has 0 aromatic heterocycles. The summed E-state index contributed by atoms with van der Waals surface area (Å²) in [5, 5.41) is 3.35. The van der Waals surface area contributed by atoms with Crippen LogP contribution in [0.2, 0.25) is 0 Å². The molecular weight excluding hydrogens is 200 g/mol. The number of hydrogen-bond donors (Lipinski definition) is 1. The van der Waals surface area contributed by atoms with Gasteiger partial charge in [0.1, 0.15) is 0 Å². The van der Waals surface area contributed by atoms with Gasteiger partial charge < -0.3 is 15.0 Å². The largest absolute Gasteiger partial charge is 0.378 e. The van der Waals surface area contributed by atoms with Crippen molar-refractivity contribution in [2.45, 2.75) is 32.3 Å². The average molecular weight is 226 g/mol. The number of rotatable bonds is 7. The molecule has 0 unspecified atom stereocenters. The lowest BCUT2D eigenvalue weighted by Crippen LogP contribution is -2.33. The molecule has 0 aromatic carbocycles. The summed E-state index contributed by atoms with van der Waals surface area (Å²) < 4.78 is 5.85. The number of nitrogens with zero attached hydrogens (tertiary/aromatic N) is 1. The van der Waals surface area contributed by atoms with Crippen LogP contribution in [0.4, 0.5) is 0 Å². The van der Waals surface area contributed by atoms with E-state index in [1.165, 1.54) is 18.4 Å². The molecule has 1 aliphatic heterocycles. The molecule has 0 radical (unpaired) electrons. The smallest absolute Gasteiger partial charge is 0.0599 e. The minimum atomic E-state index is 0.493. The maximum atomic E-state index is 5.85. The molecule has 1 rings (SSSR count). The number of nitrogens with one attached hydrogen (secondary N) is 1. The fraction of sp³-hybridized carbons (Fsp3) is 0.846. The third kappa shape index (κ3) is 6.26. The van der Waals surface area contributed by atoms with Gasteiger partial charge in [0.15, 0.2) is 0 Å². The lowest BCUT2D eigenvalue weighted by Gasteiger charge is -2.23. The maximum Gasteiger partial charge on any atom is 0.0599 e. The SMILES string of the molecule is C=C(C)CN(C)CCCOC1CCNCC1. The average Bonchev–Trinajstić information content (AvgIpc) is 2.25. The zero-order chi connectivity index (χ0) is 11.8. The summed E-state index contributed by atoms with van der Waals surface area (Å²) in [6, 6.07) is 0. The van der Waals surface area contributed by atoms with Gasteiger partial charge in [0.05, 0.1) is 6.10 Å². The first-order chi connectivity index (χ1) is 7.68. The van der Waals surface area contributed by atoms with E-state index in [4.69, 9.17) is 4.74 Å². The Balaban J connectivity index is 1.96. The monoisotopic (exact) mass is 226 g/mol. The molecule has 0 bridgehead atoms. The standard InChI is InChI=1S/C13H26N2O/c1-12(2)11-15(3)9-4-10-16-13-5-7-14-8-6-13/h13-14H,1,4-11H2,2-3H3. The van der Waals surface area contributed by atoms with Crippen molar-refractivity contribution in [3.63, 3.8) is 0 Å². The quantitative estimate of drug-likeness (QED) is 0.528. The third-order valence-corrected chi connectivity index (χ3v) is 2.86. The number of likely N-dealkylation sites (N-methyl/N-ethyl adjacent to an activating group) is 1. The Morgan fingerprint density at radius 1 is 1.44 bits per heavy atom. The summed E-state index contributed by atoms with van der Waals surface area (Å²) in [6.07, 6.45) is 3.95. The molecule has 0 saturated carbocycles. The van der Waals surface area contributed by atoms with Crippen molar-refractivity contribution in [3.8, 4) is 0 Å². The Morgan fingerprint density at radius 3 is 2.75 bits per heavy atom. The highest BCUT2D eigenvalue weighted by Gasteiger charge is 2.12. The number of hydrogen-bond acceptors (Lipinski definition) is 3. The second kappa shape index (κ2) is 7.82. The van der Waals surface area contributed by atoms with Crippen molar-refractivity contribution < 1.29 is 4.74 Å². The van der Waals surface area contributed by atoms with E-state index in [2.05, 4.69) is 30.8 Å². The lowest BCUT2D eigenvalue weighted by atomic mass is 10.1. The topological polar surface area (TPSA) is 24.5 Å². The van der Waals surface area contributed by atoms with Crippen LogP contribution in [0.1, 0.15) is 26.2 Å². The molecule has 0 aliphatic carbocycles. The first-order valence-corrected chi connectivity index (χ1v) is 6.33. The van der Waals surface area contributed by atoms with Crippen LogP contribution in [0.25, 0.3) is 0 Å². The van der Waals surface area contributed by atoms with E-state index >= 15 is 0 Å². The minimum Gasteiger partial charge on any atom is -0.378 e. The van der Waals surface area contributed by atoms with Gasteiger partial charge in [-0.15, -0.1) is 0 Å². The Labute approximate surface area is 99.8 Å². The summed E-state index contributed by atoms with van der Waals surface area (Å²) in [6.45, 7) is 11.2. The highest BCUT2D eigenvalue weighted by atomic mass is 16.5. The summed E-state index contributed by atoms with van der Waals surface area (Å²) in [4.78, 5) is 2.30. The molecule has 1 aliphatic rings. The summed E-state index contributed by atoms with van der Waals surface area (Å²) in [7, 11) is 2.14. The molecular formula is C13H26N2O. The molecule has 0 atom stereocenters. The van der Waals surface area contributed by atoms with Crippen LogP contribution in [0.15, 0.2) is 12.2 Å². The zero-order valence-corrected chi connectivity index (χ0v) is 10.8. The molecule has 94 valence electrons. The molecule has 0 amide bonds. The Bertz CT molecular complexity index is 200. The molecule has 1 fully saturated rings. The predicted molar refractivity (Wildman–Crippen MR) is 68.8 cm³/mol. The molecule has 1 saturated heterocycles. The molecule has 0 aromatic rings. The van der Waals surface area contributed by atoms with E-state index in [-0.39, 0.29) is 0 Å². The van der Waals surface area contributed by atoms with Crippen LogP contribution in [0, 0.1) is 0 Å². The van der Waals surface area contributed by atoms with Crippen LogP contribution in [-0.2, 0) is 4.74 Å². The van der Waals surface area contributed by atoms with Gasteiger partial charge in [-0.3, -0.25) is 0 Å². The lowest BCUT2D eigenvalue weighted by molar-refractivity contribution is 0.0289. The predicted octanol–water partition coefficient (Wildman–Crippen LogP) is 1.65. The number of piperidine rings is 1. The number of ether oxygens (including phenoxy) is 1. The van der Waals surface area contributed by atoms with Gasteiger partial charge >= 0.3 is 0 Å². The summed E-state index contributed by atoms with van der Waals surface area (Å²) in [5.74, 6) is 0. The van der Waals surface area contributed by atoms with Crippen molar-refractivity contribution in [2.75, 3.05) is 39.8 Å². The van der Waals surface area contributed by atoms with Gasteiger partial charge in [-0.05, 0) is 46.3 Å². The van der Waals surface area contributed by atoms with Crippen molar-refractivity contribution in [3.05, 3.63) is 12.2 Å². The van der Waals surface area contributed by atoms with E-state index < -0.39 is 0 Å². The summed E-state index contributed by atoms with van der Waals surface area (Å²) >= 11 is 0. The van der Waals surface area contributed by atoms with Crippen LogP contribution in [-0.4, -0.2) is 50.8 Å². The Morgan fingerprint density at radius 2 is 2.12 bits per heavy atom. The molecule has 3 heteroatoms. The van der Waals surface area contributed by atoms with Crippen LogP contribution in [0.5, 0.6) is 0 Å². The summed E-state index contributed by atoms with van der Waals surface area (Å²) in [5.41, 5.74) is 1.22. The van der Waals surface area contributed by atoms with Crippen LogP contribution >= 0.6 is 0 Å². The van der Waals surface area contributed by atoms with E-state index in [1.807, 2.05) is 0 Å². The first kappa shape index (κ1) is 13.7. The molecule has 3 nitrogen and oxygen atoms in total. The highest BCUT2D eigenvalue weighted by Crippen LogP contribution is 2.07. The Hall–Kier alpha value is -0.380. The van der Waals surface area contributed by atoms with Crippen molar-refractivity contribution in [2.24, 2.45) is 0 Å². The van der Waals surface area contributed by atoms with Crippen molar-refractivity contribution in [1.82, 2.24) is 10.2 Å². The normalized spacial score (nSPS) is 17.9. The fourth-order valence-electron chi connectivity index (χ4n) is 2.09. The molecule has 1 heterocycles. The molecule has 0 spiro atoms. The van der Waals surface area contributed by atoms with E-state index in [9.17, 15) is 0 Å². The first-order valence-electron chi connectivity index (χ1n) is 6.33. The van der Waals surface area contributed by atoms with Crippen LogP contribution < -0.4 is 5.32 Å². The van der Waals surface area contributed by atoms with Gasteiger partial charge in [0.25, 0.3) is 0 Å². The van der Waals surface area contributed by atoms with E-state index in [0.717, 1.165) is 39.2 Å².